The number of ketones is 1. The molecule has 148 valence electrons. The average molecular weight is 382 g/mol. The first-order chi connectivity index (χ1) is 13.5. The third kappa shape index (κ3) is 3.35. The van der Waals surface area contributed by atoms with E-state index in [1.54, 1.807) is 0 Å². The first-order valence-electron chi connectivity index (χ1n) is 10.2. The Morgan fingerprint density at radius 2 is 1.68 bits per heavy atom. The van der Waals surface area contributed by atoms with Crippen LogP contribution in [0.2, 0.25) is 0 Å². The highest BCUT2D eigenvalue weighted by molar-refractivity contribution is 5.97. The lowest BCUT2D eigenvalue weighted by Gasteiger charge is -2.52. The average Bonchev–Trinajstić information content (AvgIpc) is 2.69. The maximum absolute atomic E-state index is 14.3. The van der Waals surface area contributed by atoms with Gasteiger partial charge in [-0.25, -0.2) is 4.39 Å². The Morgan fingerprint density at radius 1 is 1.07 bits per heavy atom. The summed E-state index contributed by atoms with van der Waals surface area (Å²) in [6, 6.07) is 12.1. The third-order valence-electron chi connectivity index (χ3n) is 7.01. The van der Waals surface area contributed by atoms with Crippen molar-refractivity contribution in [2.24, 2.45) is 11.8 Å². The van der Waals surface area contributed by atoms with Crippen LogP contribution in [0.1, 0.15) is 61.4 Å². The molecule has 3 nitrogen and oxygen atoms in total. The van der Waals surface area contributed by atoms with Gasteiger partial charge in [0.25, 0.3) is 0 Å². The molecule has 0 heterocycles. The van der Waals surface area contributed by atoms with Crippen LogP contribution in [0.5, 0.6) is 11.5 Å². The van der Waals surface area contributed by atoms with Gasteiger partial charge in [0.15, 0.2) is 17.3 Å². The molecule has 2 saturated carbocycles. The number of aliphatic hydroxyl groups is 1. The molecule has 28 heavy (non-hydrogen) atoms. The Morgan fingerprint density at radius 3 is 2.21 bits per heavy atom. The molecule has 4 heteroatoms. The van der Waals surface area contributed by atoms with Gasteiger partial charge in [0, 0.05) is 5.56 Å². The van der Waals surface area contributed by atoms with Crippen LogP contribution in [0.3, 0.4) is 0 Å². The summed E-state index contributed by atoms with van der Waals surface area (Å²) in [5, 5.41) is 8.89. The number of fused-ring (bicyclic) bond motifs is 2. The van der Waals surface area contributed by atoms with Gasteiger partial charge in [0.05, 0.1) is 0 Å². The smallest absolute Gasteiger partial charge is 0.188 e. The molecule has 2 fully saturated rings. The molecule has 0 radical (unpaired) electrons. The van der Waals surface area contributed by atoms with Gasteiger partial charge in [-0.2, -0.15) is 0 Å². The van der Waals surface area contributed by atoms with Crippen molar-refractivity contribution in [3.63, 3.8) is 0 Å². The molecule has 2 aliphatic rings. The quantitative estimate of drug-likeness (QED) is 0.680. The summed E-state index contributed by atoms with van der Waals surface area (Å²) in [6.07, 6.45) is 7.95. The zero-order chi connectivity index (χ0) is 19.7. The van der Waals surface area contributed by atoms with Crippen molar-refractivity contribution < 1.29 is 19.0 Å². The third-order valence-corrected chi connectivity index (χ3v) is 7.01. The summed E-state index contributed by atoms with van der Waals surface area (Å²) in [6.45, 7) is 1.79. The Labute approximate surface area is 165 Å². The summed E-state index contributed by atoms with van der Waals surface area (Å²) in [7, 11) is 0. The first-order valence-corrected chi connectivity index (χ1v) is 10.2. The summed E-state index contributed by atoms with van der Waals surface area (Å²) >= 11 is 0. The van der Waals surface area contributed by atoms with Crippen molar-refractivity contribution in [1.82, 2.24) is 0 Å². The van der Waals surface area contributed by atoms with E-state index in [-0.39, 0.29) is 16.7 Å². The molecule has 0 aliphatic heterocycles. The molecular weight excluding hydrogens is 355 g/mol. The number of carbonyl (C=O) groups excluding carboxylic acids is 1. The van der Waals surface area contributed by atoms with Gasteiger partial charge >= 0.3 is 0 Å². The number of hydrogen-bond donors (Lipinski definition) is 1. The normalized spacial score (nSPS) is 26.7. The molecule has 0 amide bonds. The number of ether oxygens (including phenoxy) is 1. The highest BCUT2D eigenvalue weighted by atomic mass is 19.1. The van der Waals surface area contributed by atoms with Crippen LogP contribution in [0.15, 0.2) is 42.5 Å². The van der Waals surface area contributed by atoms with E-state index in [0.717, 1.165) is 17.9 Å². The Kier molecular flexibility index (Phi) is 5.24. The topological polar surface area (TPSA) is 46.5 Å². The Hall–Kier alpha value is -2.20. The summed E-state index contributed by atoms with van der Waals surface area (Å²) in [4.78, 5) is 11.5. The number of hydrogen-bond acceptors (Lipinski definition) is 3. The molecule has 2 aromatic rings. The van der Waals surface area contributed by atoms with Crippen LogP contribution in [0, 0.1) is 17.7 Å². The zero-order valence-electron chi connectivity index (χ0n) is 16.3. The maximum atomic E-state index is 14.3. The van der Waals surface area contributed by atoms with E-state index in [1.165, 1.54) is 56.2 Å². The van der Waals surface area contributed by atoms with Gasteiger partial charge in [0.1, 0.15) is 12.4 Å². The molecule has 0 saturated heterocycles. The van der Waals surface area contributed by atoms with Crippen molar-refractivity contribution in [1.29, 1.82) is 0 Å². The number of carbonyl (C=O) groups is 1. The van der Waals surface area contributed by atoms with Crippen molar-refractivity contribution in [3.8, 4) is 11.5 Å². The second-order valence-electron chi connectivity index (χ2n) is 8.39. The molecule has 2 aromatic carbocycles. The molecular formula is C24H27FO3. The standard InChI is InChI=1S/C24H27FO3/c1-24(17-4-2-5-18(24)7-3-6-17)19-9-11-20(12-10-19)28-23-13-8-16(14-21(23)25)22(27)15-26/h8-14,17-18,26H,2-7,15H2,1H3. The van der Waals surface area contributed by atoms with Crippen molar-refractivity contribution in [2.75, 3.05) is 6.61 Å². The number of benzene rings is 2. The molecule has 1 N–H and O–H groups in total. The van der Waals surface area contributed by atoms with Gasteiger partial charge < -0.3 is 9.84 Å². The fourth-order valence-electron chi connectivity index (χ4n) is 5.37. The van der Waals surface area contributed by atoms with E-state index in [4.69, 9.17) is 9.84 Å². The summed E-state index contributed by atoms with van der Waals surface area (Å²) in [5.41, 5.74) is 1.73. The Balaban J connectivity index is 1.53. The molecule has 0 spiro atoms. The highest BCUT2D eigenvalue weighted by Gasteiger charge is 2.46. The van der Waals surface area contributed by atoms with Crippen molar-refractivity contribution >= 4 is 5.78 Å². The van der Waals surface area contributed by atoms with E-state index in [0.29, 0.717) is 5.75 Å². The second kappa shape index (κ2) is 7.67. The minimum absolute atomic E-state index is 0.0722. The molecule has 4 rings (SSSR count). The lowest BCUT2D eigenvalue weighted by Crippen LogP contribution is -2.45. The van der Waals surface area contributed by atoms with E-state index in [2.05, 4.69) is 19.1 Å². The number of rotatable bonds is 5. The van der Waals surface area contributed by atoms with E-state index >= 15 is 0 Å². The van der Waals surface area contributed by atoms with Gasteiger partial charge in [-0.1, -0.05) is 31.9 Å². The van der Waals surface area contributed by atoms with Gasteiger partial charge in [-0.15, -0.1) is 0 Å². The number of aliphatic hydroxyl groups excluding tert-OH is 1. The first kappa shape index (κ1) is 19.1. The highest BCUT2D eigenvalue weighted by Crippen LogP contribution is 2.54. The second-order valence-corrected chi connectivity index (χ2v) is 8.39. The van der Waals surface area contributed by atoms with Crippen LogP contribution < -0.4 is 4.74 Å². The fraction of sp³-hybridized carbons (Fsp3) is 0.458. The summed E-state index contributed by atoms with van der Waals surface area (Å²) in [5.74, 6) is 1.02. The van der Waals surface area contributed by atoms with Crippen LogP contribution in [-0.2, 0) is 5.41 Å². The summed E-state index contributed by atoms with van der Waals surface area (Å²) < 4.78 is 20.0. The maximum Gasteiger partial charge on any atom is 0.188 e. The van der Waals surface area contributed by atoms with Crippen molar-refractivity contribution in [3.05, 3.63) is 59.4 Å². The van der Waals surface area contributed by atoms with Gasteiger partial charge in [-0.3, -0.25) is 4.79 Å². The van der Waals surface area contributed by atoms with E-state index in [9.17, 15) is 9.18 Å². The predicted molar refractivity (Wildman–Crippen MR) is 106 cm³/mol. The van der Waals surface area contributed by atoms with Crippen LogP contribution in [0.4, 0.5) is 4.39 Å². The largest absolute Gasteiger partial charge is 0.454 e. The molecule has 0 unspecified atom stereocenters. The molecule has 0 aromatic heterocycles. The SMILES string of the molecule is CC1(c2ccc(Oc3ccc(C(=O)CO)cc3F)cc2)C2CCCC1CCC2. The van der Waals surface area contributed by atoms with Crippen molar-refractivity contribution in [2.45, 2.75) is 50.9 Å². The molecule has 2 bridgehead atoms. The van der Waals surface area contributed by atoms with Crippen LogP contribution in [0.25, 0.3) is 0 Å². The lowest BCUT2D eigenvalue weighted by atomic mass is 9.53. The lowest BCUT2D eigenvalue weighted by molar-refractivity contribution is 0.0666. The zero-order valence-corrected chi connectivity index (χ0v) is 16.3. The molecule has 0 atom stereocenters. The number of Topliss-reactive ketones (excluding diaryl/α,β-unsaturated/α-hetero) is 1. The predicted octanol–water partition coefficient (Wildman–Crippen LogP) is 5.65. The van der Waals surface area contributed by atoms with Crippen LogP contribution in [-0.4, -0.2) is 17.5 Å². The minimum atomic E-state index is -0.637. The number of halogens is 1. The minimum Gasteiger partial charge on any atom is -0.454 e. The fourth-order valence-corrected chi connectivity index (χ4v) is 5.37. The monoisotopic (exact) mass is 382 g/mol. The van der Waals surface area contributed by atoms with Crippen LogP contribution >= 0.6 is 0 Å². The van der Waals surface area contributed by atoms with E-state index in [1.807, 2.05) is 12.1 Å². The molecule has 2 aliphatic carbocycles. The van der Waals surface area contributed by atoms with Gasteiger partial charge in [0.2, 0.25) is 0 Å². The van der Waals surface area contributed by atoms with E-state index < -0.39 is 18.2 Å². The van der Waals surface area contributed by atoms with Gasteiger partial charge in [-0.05, 0) is 78.8 Å². The Bertz CT molecular complexity index is 837.